The molecule has 4 heteroatoms. The summed E-state index contributed by atoms with van der Waals surface area (Å²) in [6.45, 7) is 0. The first-order chi connectivity index (χ1) is 6.22. The van der Waals surface area contributed by atoms with Crippen LogP contribution in [0.4, 0.5) is 5.00 Å². The summed E-state index contributed by atoms with van der Waals surface area (Å²) in [5.74, 6) is 0.922. The van der Waals surface area contributed by atoms with Gasteiger partial charge in [0.15, 0.2) is 0 Å². The van der Waals surface area contributed by atoms with Gasteiger partial charge in [-0.05, 0) is 40.8 Å². The average molecular weight is 305 g/mol. The third-order valence-electron chi connectivity index (χ3n) is 1.83. The number of thiophene rings is 1. The number of methoxy groups -OCH3 is 1. The third-order valence-corrected chi connectivity index (χ3v) is 3.61. The topological polar surface area (TPSA) is 35.2 Å². The molecule has 1 aromatic carbocycles. The van der Waals surface area contributed by atoms with E-state index in [1.807, 2.05) is 12.1 Å². The Balaban J connectivity index is 2.82. The maximum atomic E-state index is 5.72. The fourth-order valence-corrected chi connectivity index (χ4v) is 2.81. The molecule has 1 aromatic heterocycles. The van der Waals surface area contributed by atoms with Gasteiger partial charge in [0.05, 0.1) is 15.7 Å². The van der Waals surface area contributed by atoms with Crippen LogP contribution in [0.2, 0.25) is 0 Å². The van der Waals surface area contributed by atoms with Crippen molar-refractivity contribution < 1.29 is 4.74 Å². The molecule has 0 atom stereocenters. The van der Waals surface area contributed by atoms with Gasteiger partial charge in [-0.3, -0.25) is 0 Å². The quantitative estimate of drug-likeness (QED) is 0.822. The highest BCUT2D eigenvalue weighted by Crippen LogP contribution is 2.36. The van der Waals surface area contributed by atoms with E-state index in [1.54, 1.807) is 18.4 Å². The lowest BCUT2D eigenvalue weighted by Gasteiger charge is -2.03. The van der Waals surface area contributed by atoms with E-state index < -0.39 is 0 Å². The van der Waals surface area contributed by atoms with Crippen LogP contribution < -0.4 is 10.5 Å². The Labute approximate surface area is 93.8 Å². The Morgan fingerprint density at radius 3 is 2.92 bits per heavy atom. The summed E-state index contributed by atoms with van der Waals surface area (Å²) >= 11 is 3.84. The summed E-state index contributed by atoms with van der Waals surface area (Å²) in [5.41, 5.74) is 5.72. The molecule has 0 aliphatic heterocycles. The van der Waals surface area contributed by atoms with Gasteiger partial charge in [0.1, 0.15) is 5.75 Å². The van der Waals surface area contributed by atoms with Crippen LogP contribution in [0.3, 0.4) is 0 Å². The van der Waals surface area contributed by atoms with Crippen LogP contribution in [0.15, 0.2) is 18.2 Å². The summed E-state index contributed by atoms with van der Waals surface area (Å²) in [5, 5.41) is 1.94. The molecule has 0 saturated heterocycles. The highest BCUT2D eigenvalue weighted by Gasteiger charge is 2.08. The average Bonchev–Trinajstić information content (AvgIpc) is 2.45. The van der Waals surface area contributed by atoms with E-state index in [0.717, 1.165) is 19.7 Å². The van der Waals surface area contributed by atoms with E-state index >= 15 is 0 Å². The van der Waals surface area contributed by atoms with E-state index in [1.165, 1.54) is 4.70 Å². The van der Waals surface area contributed by atoms with Crippen LogP contribution in [0.1, 0.15) is 0 Å². The first-order valence-corrected chi connectivity index (χ1v) is 5.63. The van der Waals surface area contributed by atoms with Crippen LogP contribution in [0, 0.1) is 3.57 Å². The van der Waals surface area contributed by atoms with E-state index in [9.17, 15) is 0 Å². The van der Waals surface area contributed by atoms with Crippen molar-refractivity contribution in [3.63, 3.8) is 0 Å². The fourth-order valence-electron chi connectivity index (χ4n) is 1.29. The minimum absolute atomic E-state index is 0.829. The lowest BCUT2D eigenvalue weighted by molar-refractivity contribution is 0.417. The Morgan fingerprint density at radius 1 is 1.46 bits per heavy atom. The smallest absolute Gasteiger partial charge is 0.140 e. The predicted molar refractivity (Wildman–Crippen MR) is 65.5 cm³/mol. The molecule has 68 valence electrons. The second-order valence-corrected chi connectivity index (χ2v) is 4.92. The summed E-state index contributed by atoms with van der Waals surface area (Å²) < 4.78 is 7.61. The zero-order valence-corrected chi connectivity index (χ0v) is 9.98. The molecule has 0 aliphatic carbocycles. The molecular weight excluding hydrogens is 297 g/mol. The lowest BCUT2D eigenvalue weighted by Crippen LogP contribution is -1.86. The van der Waals surface area contributed by atoms with Gasteiger partial charge in [-0.1, -0.05) is 0 Å². The van der Waals surface area contributed by atoms with Crippen LogP contribution in [-0.4, -0.2) is 7.11 Å². The van der Waals surface area contributed by atoms with Gasteiger partial charge in [0.25, 0.3) is 0 Å². The Morgan fingerprint density at radius 2 is 2.23 bits per heavy atom. The lowest BCUT2D eigenvalue weighted by atomic mass is 10.2. The van der Waals surface area contributed by atoms with Crippen LogP contribution in [0.25, 0.3) is 10.1 Å². The monoisotopic (exact) mass is 305 g/mol. The number of benzene rings is 1. The number of hydrogen-bond donors (Lipinski definition) is 1. The molecule has 2 aromatic rings. The normalized spacial score (nSPS) is 10.6. The molecule has 2 N–H and O–H groups in total. The largest absolute Gasteiger partial charge is 0.495 e. The Hall–Kier alpha value is -0.490. The molecular formula is C9H8INOS. The SMILES string of the molecule is COc1c(I)ccc2sc(N)cc12. The fraction of sp³-hybridized carbons (Fsp3) is 0.111. The van der Waals surface area contributed by atoms with Gasteiger partial charge >= 0.3 is 0 Å². The van der Waals surface area contributed by atoms with Gasteiger partial charge in [0, 0.05) is 10.1 Å². The molecule has 2 nitrogen and oxygen atoms in total. The summed E-state index contributed by atoms with van der Waals surface area (Å²) in [7, 11) is 1.69. The van der Waals surface area contributed by atoms with Gasteiger partial charge in [-0.15, -0.1) is 11.3 Å². The molecule has 0 radical (unpaired) electrons. The molecule has 0 fully saturated rings. The summed E-state index contributed by atoms with van der Waals surface area (Å²) in [6, 6.07) is 6.07. The zero-order chi connectivity index (χ0) is 9.42. The van der Waals surface area contributed by atoms with Crippen molar-refractivity contribution in [2.45, 2.75) is 0 Å². The first-order valence-electron chi connectivity index (χ1n) is 3.74. The molecule has 0 saturated carbocycles. The molecule has 1 heterocycles. The number of ether oxygens (including phenoxy) is 1. The second-order valence-electron chi connectivity index (χ2n) is 2.64. The molecule has 0 bridgehead atoms. The van der Waals surface area contributed by atoms with Gasteiger partial charge in [-0.2, -0.15) is 0 Å². The van der Waals surface area contributed by atoms with Crippen molar-refractivity contribution in [2.24, 2.45) is 0 Å². The molecule has 13 heavy (non-hydrogen) atoms. The number of rotatable bonds is 1. The third kappa shape index (κ3) is 1.48. The van der Waals surface area contributed by atoms with Crippen molar-refractivity contribution in [2.75, 3.05) is 12.8 Å². The Kier molecular flexibility index (Phi) is 2.33. The zero-order valence-electron chi connectivity index (χ0n) is 7.00. The number of nitrogens with two attached hydrogens (primary N) is 1. The van der Waals surface area contributed by atoms with Gasteiger partial charge in [-0.25, -0.2) is 0 Å². The maximum Gasteiger partial charge on any atom is 0.140 e. The summed E-state index contributed by atoms with van der Waals surface area (Å²) in [4.78, 5) is 0. The van der Waals surface area contributed by atoms with Crippen LogP contribution >= 0.6 is 33.9 Å². The second kappa shape index (κ2) is 3.34. The standard InChI is InChI=1S/C9H8INOS/c1-12-9-5-4-8(11)13-7(5)3-2-6(9)10/h2-4H,11H2,1H3. The maximum absolute atomic E-state index is 5.72. The summed E-state index contributed by atoms with van der Waals surface area (Å²) in [6.07, 6.45) is 0. The number of hydrogen-bond acceptors (Lipinski definition) is 3. The van der Waals surface area contributed by atoms with E-state index in [0.29, 0.717) is 0 Å². The molecule has 0 amide bonds. The molecule has 0 unspecified atom stereocenters. The first kappa shape index (κ1) is 9.08. The highest BCUT2D eigenvalue weighted by atomic mass is 127. The van der Waals surface area contributed by atoms with Gasteiger partial charge in [0.2, 0.25) is 0 Å². The van der Waals surface area contributed by atoms with Crippen molar-refractivity contribution in [3.8, 4) is 5.75 Å². The minimum Gasteiger partial charge on any atom is -0.495 e. The van der Waals surface area contributed by atoms with Crippen molar-refractivity contribution >= 4 is 49.0 Å². The predicted octanol–water partition coefficient (Wildman–Crippen LogP) is 3.10. The highest BCUT2D eigenvalue weighted by molar-refractivity contribution is 14.1. The van der Waals surface area contributed by atoms with Crippen molar-refractivity contribution in [3.05, 3.63) is 21.8 Å². The number of fused-ring (bicyclic) bond motifs is 1. The number of anilines is 1. The number of nitrogen functional groups attached to an aromatic ring is 1. The minimum atomic E-state index is 0.829. The van der Waals surface area contributed by atoms with Gasteiger partial charge < -0.3 is 10.5 Å². The Bertz CT molecular complexity index is 452. The van der Waals surface area contributed by atoms with E-state index in [-0.39, 0.29) is 0 Å². The molecule has 2 rings (SSSR count). The molecule has 0 spiro atoms. The van der Waals surface area contributed by atoms with E-state index in [2.05, 4.69) is 28.7 Å². The van der Waals surface area contributed by atoms with Crippen LogP contribution in [0.5, 0.6) is 5.75 Å². The number of halogens is 1. The molecule has 0 aliphatic rings. The van der Waals surface area contributed by atoms with Crippen LogP contribution in [-0.2, 0) is 0 Å². The van der Waals surface area contributed by atoms with Crippen molar-refractivity contribution in [1.82, 2.24) is 0 Å². The van der Waals surface area contributed by atoms with E-state index in [4.69, 9.17) is 10.5 Å². The van der Waals surface area contributed by atoms with Crippen molar-refractivity contribution in [1.29, 1.82) is 0 Å².